The summed E-state index contributed by atoms with van der Waals surface area (Å²) < 4.78 is 1.72. The first-order chi connectivity index (χ1) is 13.7. The Labute approximate surface area is 165 Å². The first kappa shape index (κ1) is 18.5. The second kappa shape index (κ2) is 8.03. The summed E-state index contributed by atoms with van der Waals surface area (Å²) in [6, 6.07) is 9.75. The fourth-order valence-corrected chi connectivity index (χ4v) is 4.17. The van der Waals surface area contributed by atoms with E-state index in [1.165, 1.54) is 0 Å². The molecule has 0 spiro atoms. The van der Waals surface area contributed by atoms with Gasteiger partial charge in [0.15, 0.2) is 0 Å². The Hall–Kier alpha value is -2.85. The van der Waals surface area contributed by atoms with Gasteiger partial charge < -0.3 is 15.5 Å². The molecule has 2 aromatic rings. The van der Waals surface area contributed by atoms with Crippen molar-refractivity contribution in [3.63, 3.8) is 0 Å². The van der Waals surface area contributed by atoms with Gasteiger partial charge in [0.1, 0.15) is 5.69 Å². The Morgan fingerprint density at radius 2 is 1.89 bits per heavy atom. The number of nitriles is 1. The molecule has 2 saturated heterocycles. The van der Waals surface area contributed by atoms with Gasteiger partial charge in [-0.2, -0.15) is 5.26 Å². The maximum Gasteiger partial charge on any atom is 0.278 e. The molecule has 28 heavy (non-hydrogen) atoms. The Kier molecular flexibility index (Phi) is 5.31. The molecule has 0 amide bonds. The number of benzene rings is 1. The van der Waals surface area contributed by atoms with Gasteiger partial charge in [-0.1, -0.05) is 18.2 Å². The second-order valence-corrected chi connectivity index (χ2v) is 7.65. The second-order valence-electron chi connectivity index (χ2n) is 7.65. The van der Waals surface area contributed by atoms with E-state index in [-0.39, 0.29) is 11.6 Å². The minimum absolute atomic E-state index is 0.0428. The zero-order valence-electron chi connectivity index (χ0n) is 16.0. The molecule has 1 atom stereocenters. The van der Waals surface area contributed by atoms with Crippen molar-refractivity contribution in [2.45, 2.75) is 38.3 Å². The average molecular weight is 378 g/mol. The molecule has 1 unspecified atom stereocenters. The summed E-state index contributed by atoms with van der Waals surface area (Å²) in [7, 11) is 0. The quantitative estimate of drug-likeness (QED) is 0.871. The fraction of sp³-hybridized carbons (Fsp3) is 0.476. The van der Waals surface area contributed by atoms with Crippen LogP contribution < -0.4 is 21.1 Å². The molecule has 1 aromatic carbocycles. The molecule has 0 aliphatic carbocycles. The zero-order valence-corrected chi connectivity index (χ0v) is 16.0. The lowest BCUT2D eigenvalue weighted by Crippen LogP contribution is -2.46. The molecule has 1 aromatic heterocycles. The minimum Gasteiger partial charge on any atom is -0.366 e. The van der Waals surface area contributed by atoms with Gasteiger partial charge in [0, 0.05) is 32.2 Å². The van der Waals surface area contributed by atoms with Gasteiger partial charge in [-0.3, -0.25) is 9.36 Å². The van der Waals surface area contributed by atoms with E-state index in [4.69, 9.17) is 10.7 Å². The molecular weight excluding hydrogens is 352 g/mol. The maximum absolute atomic E-state index is 13.4. The number of nitrogens with zero attached hydrogens (tertiary/aromatic N) is 5. The van der Waals surface area contributed by atoms with Crippen molar-refractivity contribution in [3.8, 4) is 6.07 Å². The Morgan fingerprint density at radius 1 is 1.14 bits per heavy atom. The van der Waals surface area contributed by atoms with E-state index < -0.39 is 0 Å². The van der Waals surface area contributed by atoms with Crippen LogP contribution in [0.3, 0.4) is 0 Å². The van der Waals surface area contributed by atoms with Crippen LogP contribution in [0.1, 0.15) is 36.8 Å². The van der Waals surface area contributed by atoms with Gasteiger partial charge in [-0.15, -0.1) is 0 Å². The molecule has 7 nitrogen and oxygen atoms in total. The van der Waals surface area contributed by atoms with Crippen LogP contribution in [0.25, 0.3) is 0 Å². The normalized spacial score (nSPS) is 19.6. The molecule has 146 valence electrons. The molecule has 2 aliphatic heterocycles. The maximum atomic E-state index is 13.4. The smallest absolute Gasteiger partial charge is 0.278 e. The van der Waals surface area contributed by atoms with Crippen molar-refractivity contribution in [1.29, 1.82) is 5.26 Å². The molecule has 0 radical (unpaired) electrons. The van der Waals surface area contributed by atoms with Crippen molar-refractivity contribution in [3.05, 3.63) is 51.9 Å². The predicted molar refractivity (Wildman–Crippen MR) is 110 cm³/mol. The summed E-state index contributed by atoms with van der Waals surface area (Å²) in [6.45, 7) is 3.64. The van der Waals surface area contributed by atoms with E-state index in [2.05, 4.69) is 15.9 Å². The lowest BCUT2D eigenvalue weighted by atomic mass is 10.1. The highest BCUT2D eigenvalue weighted by molar-refractivity contribution is 5.48. The highest BCUT2D eigenvalue weighted by Gasteiger charge is 2.24. The van der Waals surface area contributed by atoms with Crippen LogP contribution in [0.5, 0.6) is 0 Å². The molecule has 2 N–H and O–H groups in total. The molecule has 2 aliphatic rings. The van der Waals surface area contributed by atoms with E-state index in [9.17, 15) is 10.1 Å². The van der Waals surface area contributed by atoms with Crippen LogP contribution in [-0.4, -0.2) is 41.8 Å². The van der Waals surface area contributed by atoms with Gasteiger partial charge in [-0.05, 0) is 37.3 Å². The van der Waals surface area contributed by atoms with Gasteiger partial charge in [0.2, 0.25) is 5.95 Å². The van der Waals surface area contributed by atoms with Crippen LogP contribution in [0.2, 0.25) is 0 Å². The van der Waals surface area contributed by atoms with Crippen molar-refractivity contribution in [2.75, 3.05) is 36.0 Å². The molecule has 2 fully saturated rings. The molecule has 0 bridgehead atoms. The lowest BCUT2D eigenvalue weighted by molar-refractivity contribution is 0.490. The number of rotatable bonds is 4. The molecule has 0 saturated carbocycles. The molecular formula is C21H26N6O. The van der Waals surface area contributed by atoms with Crippen molar-refractivity contribution in [2.24, 2.45) is 5.73 Å². The van der Waals surface area contributed by atoms with E-state index in [0.29, 0.717) is 30.3 Å². The molecule has 4 rings (SSSR count). The summed E-state index contributed by atoms with van der Waals surface area (Å²) >= 11 is 0. The zero-order chi connectivity index (χ0) is 19.5. The van der Waals surface area contributed by atoms with Gasteiger partial charge >= 0.3 is 0 Å². The summed E-state index contributed by atoms with van der Waals surface area (Å²) in [5.74, 6) is 0.649. The monoisotopic (exact) mass is 378 g/mol. The first-order valence-electron chi connectivity index (χ1n) is 10.0. The lowest BCUT2D eigenvalue weighted by Gasteiger charge is -2.33. The summed E-state index contributed by atoms with van der Waals surface area (Å²) in [5, 5.41) is 9.46. The van der Waals surface area contributed by atoms with Crippen LogP contribution in [0.4, 0.5) is 11.6 Å². The van der Waals surface area contributed by atoms with Gasteiger partial charge in [0.25, 0.3) is 5.56 Å². The highest BCUT2D eigenvalue weighted by Crippen LogP contribution is 2.22. The minimum atomic E-state index is -0.0428. The summed E-state index contributed by atoms with van der Waals surface area (Å²) in [5.41, 5.74) is 8.19. The van der Waals surface area contributed by atoms with E-state index in [0.717, 1.165) is 50.9 Å². The van der Waals surface area contributed by atoms with Crippen LogP contribution >= 0.6 is 0 Å². The fourth-order valence-electron chi connectivity index (χ4n) is 4.17. The molecule has 7 heteroatoms. The third-order valence-corrected chi connectivity index (χ3v) is 5.66. The van der Waals surface area contributed by atoms with Crippen LogP contribution in [-0.2, 0) is 6.54 Å². The number of piperidine rings is 1. The van der Waals surface area contributed by atoms with Crippen LogP contribution in [0.15, 0.2) is 35.3 Å². The number of nitrogens with two attached hydrogens (primary N) is 1. The SMILES string of the molecule is N#Cc1ccccc1Cn1c(N2CCCC(N)C2)ncc(N2CCCC2)c1=O. The predicted octanol–water partition coefficient (Wildman–Crippen LogP) is 1.69. The number of hydrogen-bond donors (Lipinski definition) is 1. The van der Waals surface area contributed by atoms with E-state index in [1.807, 2.05) is 18.2 Å². The number of hydrogen-bond acceptors (Lipinski definition) is 6. The Bertz CT molecular complexity index is 941. The standard InChI is InChI=1S/C21H26N6O/c22-12-16-6-1-2-7-17(16)14-27-20(28)19(25-9-3-4-10-25)13-24-21(27)26-11-5-8-18(23)15-26/h1-2,6-7,13,18H,3-5,8-11,14-15,23H2. The Morgan fingerprint density at radius 3 is 2.64 bits per heavy atom. The van der Waals surface area contributed by atoms with E-state index >= 15 is 0 Å². The van der Waals surface area contributed by atoms with Crippen molar-refractivity contribution >= 4 is 11.6 Å². The van der Waals surface area contributed by atoms with Crippen molar-refractivity contribution in [1.82, 2.24) is 9.55 Å². The summed E-state index contributed by atoms with van der Waals surface area (Å²) in [4.78, 5) is 22.4. The first-order valence-corrected chi connectivity index (χ1v) is 10.0. The number of anilines is 2. The topological polar surface area (TPSA) is 91.2 Å². The third-order valence-electron chi connectivity index (χ3n) is 5.66. The third kappa shape index (κ3) is 3.60. The summed E-state index contributed by atoms with van der Waals surface area (Å²) in [6.07, 6.45) is 5.89. The van der Waals surface area contributed by atoms with E-state index in [1.54, 1.807) is 16.8 Å². The average Bonchev–Trinajstić information content (AvgIpc) is 3.24. The highest BCUT2D eigenvalue weighted by atomic mass is 16.1. The van der Waals surface area contributed by atoms with Crippen molar-refractivity contribution < 1.29 is 0 Å². The van der Waals surface area contributed by atoms with Gasteiger partial charge in [-0.25, -0.2) is 4.98 Å². The number of aromatic nitrogens is 2. The van der Waals surface area contributed by atoms with Gasteiger partial charge in [0.05, 0.1) is 24.4 Å². The molecule has 3 heterocycles. The largest absolute Gasteiger partial charge is 0.366 e. The van der Waals surface area contributed by atoms with Crippen LogP contribution in [0, 0.1) is 11.3 Å². The Balaban J connectivity index is 1.78.